The molecule has 1 aromatic heterocycles. The molecule has 1 fully saturated rings. The Kier molecular flexibility index (Phi) is 10.8. The average Bonchev–Trinajstić information content (AvgIpc) is 3.32. The Bertz CT molecular complexity index is 1060. The molecule has 0 radical (unpaired) electrons. The SMILES string of the molecule is CC.CCCN(CCC)c1cc(N/N=C2\CCCc3cc(O)ccc32)nc(OCCN2CCOC2=O)n1. The molecule has 2 N–H and O–H groups in total. The minimum atomic E-state index is -0.320. The van der Waals surface area contributed by atoms with Gasteiger partial charge in [0.25, 0.3) is 0 Å². The minimum absolute atomic E-state index is 0.240. The molecule has 1 amide bonds. The van der Waals surface area contributed by atoms with Crippen LogP contribution in [0.25, 0.3) is 0 Å². The lowest BCUT2D eigenvalue weighted by Crippen LogP contribution is -2.29. The molecule has 1 saturated heterocycles. The van der Waals surface area contributed by atoms with Crippen molar-refractivity contribution in [2.75, 3.05) is 49.7 Å². The molecular weight excluding hydrogens is 472 g/mol. The highest BCUT2D eigenvalue weighted by molar-refractivity contribution is 6.03. The summed E-state index contributed by atoms with van der Waals surface area (Å²) in [4.78, 5) is 24.6. The van der Waals surface area contributed by atoms with Gasteiger partial charge in [-0.3, -0.25) is 5.43 Å². The molecule has 202 valence electrons. The van der Waals surface area contributed by atoms with Gasteiger partial charge >= 0.3 is 12.1 Å². The summed E-state index contributed by atoms with van der Waals surface area (Å²) < 4.78 is 10.8. The number of nitrogens with one attached hydrogen (secondary N) is 1. The van der Waals surface area contributed by atoms with Gasteiger partial charge in [-0.1, -0.05) is 27.7 Å². The quantitative estimate of drug-likeness (QED) is 0.412. The number of hydrogen-bond acceptors (Lipinski definition) is 9. The van der Waals surface area contributed by atoms with Gasteiger partial charge < -0.3 is 24.4 Å². The van der Waals surface area contributed by atoms with Crippen molar-refractivity contribution in [1.29, 1.82) is 0 Å². The first kappa shape index (κ1) is 28.0. The summed E-state index contributed by atoms with van der Waals surface area (Å²) in [6.45, 7) is 11.7. The number of amides is 1. The number of hydrogen-bond donors (Lipinski definition) is 2. The molecule has 0 bridgehead atoms. The summed E-state index contributed by atoms with van der Waals surface area (Å²) in [6, 6.07) is 7.54. The smallest absolute Gasteiger partial charge is 0.410 e. The molecule has 0 saturated carbocycles. The molecule has 0 atom stereocenters. The second-order valence-electron chi connectivity index (χ2n) is 8.70. The summed E-state index contributed by atoms with van der Waals surface area (Å²) in [5, 5.41) is 14.5. The fraction of sp³-hybridized carbons (Fsp3) is 0.556. The van der Waals surface area contributed by atoms with Crippen LogP contribution in [0.5, 0.6) is 11.8 Å². The van der Waals surface area contributed by atoms with E-state index in [2.05, 4.69) is 39.2 Å². The van der Waals surface area contributed by atoms with Gasteiger partial charge in [0.15, 0.2) is 5.82 Å². The van der Waals surface area contributed by atoms with Crippen LogP contribution in [0.4, 0.5) is 16.4 Å². The Balaban J connectivity index is 0.00000186. The number of nitrogens with zero attached hydrogens (tertiary/aromatic N) is 5. The first-order valence-electron chi connectivity index (χ1n) is 13.4. The Hall–Kier alpha value is -3.56. The van der Waals surface area contributed by atoms with E-state index in [9.17, 15) is 9.90 Å². The van der Waals surface area contributed by atoms with Crippen LogP contribution in [0.3, 0.4) is 0 Å². The maximum absolute atomic E-state index is 11.7. The fourth-order valence-electron chi connectivity index (χ4n) is 4.34. The largest absolute Gasteiger partial charge is 0.508 e. The Morgan fingerprint density at radius 1 is 1.16 bits per heavy atom. The highest BCUT2D eigenvalue weighted by Gasteiger charge is 2.22. The molecule has 37 heavy (non-hydrogen) atoms. The number of ether oxygens (including phenoxy) is 2. The van der Waals surface area contributed by atoms with E-state index >= 15 is 0 Å². The summed E-state index contributed by atoms with van der Waals surface area (Å²) in [7, 11) is 0. The number of phenols is 1. The normalized spacial score (nSPS) is 15.5. The minimum Gasteiger partial charge on any atom is -0.508 e. The molecule has 4 rings (SSSR count). The third-order valence-electron chi connectivity index (χ3n) is 6.01. The molecule has 1 aromatic carbocycles. The van der Waals surface area contributed by atoms with Crippen molar-refractivity contribution in [3.8, 4) is 11.8 Å². The summed E-state index contributed by atoms with van der Waals surface area (Å²) in [5.41, 5.74) is 6.19. The van der Waals surface area contributed by atoms with Crippen LogP contribution in [0.2, 0.25) is 0 Å². The fourth-order valence-corrected chi connectivity index (χ4v) is 4.34. The lowest BCUT2D eigenvalue weighted by Gasteiger charge is -2.23. The molecule has 2 heterocycles. The predicted octanol–water partition coefficient (Wildman–Crippen LogP) is 4.82. The van der Waals surface area contributed by atoms with E-state index in [4.69, 9.17) is 9.47 Å². The van der Waals surface area contributed by atoms with Crippen molar-refractivity contribution in [3.63, 3.8) is 0 Å². The van der Waals surface area contributed by atoms with Crippen molar-refractivity contribution in [2.24, 2.45) is 5.10 Å². The first-order valence-corrected chi connectivity index (χ1v) is 13.4. The zero-order chi connectivity index (χ0) is 26.6. The number of aromatic hydroxyl groups is 1. The van der Waals surface area contributed by atoms with Crippen molar-refractivity contribution >= 4 is 23.4 Å². The number of aromatic nitrogens is 2. The average molecular weight is 513 g/mol. The maximum atomic E-state index is 11.7. The summed E-state index contributed by atoms with van der Waals surface area (Å²) >= 11 is 0. The van der Waals surface area contributed by atoms with Gasteiger partial charge in [-0.15, -0.1) is 0 Å². The van der Waals surface area contributed by atoms with E-state index in [0.29, 0.717) is 25.5 Å². The number of anilines is 2. The van der Waals surface area contributed by atoms with Crippen molar-refractivity contribution in [2.45, 2.75) is 59.8 Å². The van der Waals surface area contributed by atoms with Gasteiger partial charge in [0.2, 0.25) is 0 Å². The Labute approximate surface area is 219 Å². The number of fused-ring (bicyclic) bond motifs is 1. The van der Waals surface area contributed by atoms with Crippen LogP contribution in [-0.2, 0) is 11.2 Å². The summed E-state index contributed by atoms with van der Waals surface area (Å²) in [5.74, 6) is 1.59. The molecule has 10 nitrogen and oxygen atoms in total. The zero-order valence-electron chi connectivity index (χ0n) is 22.5. The molecule has 10 heteroatoms. The highest BCUT2D eigenvalue weighted by Crippen LogP contribution is 2.26. The molecule has 0 spiro atoms. The van der Waals surface area contributed by atoms with Crippen LogP contribution >= 0.6 is 0 Å². The highest BCUT2D eigenvalue weighted by atomic mass is 16.6. The lowest BCUT2D eigenvalue weighted by atomic mass is 9.90. The molecular formula is C27H40N6O4. The monoisotopic (exact) mass is 512 g/mol. The number of phenolic OH excluding ortho intramolecular Hbond substituents is 1. The number of hydrazone groups is 1. The second kappa shape index (κ2) is 14.2. The number of benzene rings is 1. The van der Waals surface area contributed by atoms with Crippen LogP contribution < -0.4 is 15.1 Å². The first-order chi connectivity index (χ1) is 18.1. The van der Waals surface area contributed by atoms with Crippen molar-refractivity contribution in [1.82, 2.24) is 14.9 Å². The third-order valence-corrected chi connectivity index (χ3v) is 6.01. The lowest BCUT2D eigenvalue weighted by molar-refractivity contribution is 0.152. The van der Waals surface area contributed by atoms with E-state index in [0.717, 1.165) is 67.9 Å². The maximum Gasteiger partial charge on any atom is 0.410 e. The Morgan fingerprint density at radius 2 is 1.95 bits per heavy atom. The van der Waals surface area contributed by atoms with E-state index in [1.165, 1.54) is 0 Å². The van der Waals surface area contributed by atoms with Crippen molar-refractivity contribution in [3.05, 3.63) is 35.4 Å². The van der Waals surface area contributed by atoms with Crippen LogP contribution in [0.1, 0.15) is 64.5 Å². The van der Waals surface area contributed by atoms with E-state index in [-0.39, 0.29) is 24.5 Å². The predicted molar refractivity (Wildman–Crippen MR) is 146 cm³/mol. The van der Waals surface area contributed by atoms with E-state index < -0.39 is 0 Å². The Morgan fingerprint density at radius 3 is 2.65 bits per heavy atom. The third kappa shape index (κ3) is 7.71. The number of rotatable bonds is 11. The molecule has 1 aliphatic heterocycles. The second-order valence-corrected chi connectivity index (χ2v) is 8.70. The van der Waals surface area contributed by atoms with Gasteiger partial charge in [0.1, 0.15) is 24.8 Å². The van der Waals surface area contributed by atoms with Gasteiger partial charge in [-0.2, -0.15) is 15.1 Å². The van der Waals surface area contributed by atoms with Gasteiger partial charge in [0.05, 0.1) is 18.8 Å². The number of carbonyl (C=O) groups excluding carboxylic acids is 1. The number of carbonyl (C=O) groups is 1. The molecule has 1 aliphatic carbocycles. The van der Waals surface area contributed by atoms with Gasteiger partial charge in [-0.25, -0.2) is 4.79 Å². The topological polar surface area (TPSA) is 112 Å². The summed E-state index contributed by atoms with van der Waals surface area (Å²) in [6.07, 6.45) is 4.40. The van der Waals surface area contributed by atoms with Crippen molar-refractivity contribution < 1.29 is 19.4 Å². The molecule has 2 aromatic rings. The zero-order valence-corrected chi connectivity index (χ0v) is 22.5. The van der Waals surface area contributed by atoms with Gasteiger partial charge in [-0.05, 0) is 55.9 Å². The van der Waals surface area contributed by atoms with Crippen LogP contribution in [-0.4, -0.2) is 71.2 Å². The van der Waals surface area contributed by atoms with E-state index in [1.807, 2.05) is 32.0 Å². The van der Waals surface area contributed by atoms with Crippen LogP contribution in [0, 0.1) is 0 Å². The van der Waals surface area contributed by atoms with E-state index in [1.54, 1.807) is 11.0 Å². The van der Waals surface area contributed by atoms with Gasteiger partial charge in [0, 0.05) is 24.7 Å². The number of aryl methyl sites for hydroxylation is 1. The molecule has 2 aliphatic rings. The number of cyclic esters (lactones) is 1. The van der Waals surface area contributed by atoms with Crippen LogP contribution in [0.15, 0.2) is 29.4 Å². The standard InChI is InChI=1S/C25H34N6O4.C2H6/c1-3-10-30(11-4-2)23-17-22(26-24(27-23)34-14-12-31-13-15-35-25(31)33)29-28-21-7-5-6-18-16-19(32)8-9-20(18)21;1-2/h8-9,16-17,32H,3-7,10-15H2,1-2H3,(H,26,27,29);1-2H3/b28-21+;. The molecule has 0 unspecified atom stereocenters.